The van der Waals surface area contributed by atoms with E-state index in [1.807, 2.05) is 64.9 Å². The summed E-state index contributed by atoms with van der Waals surface area (Å²) in [6.45, 7) is 23.6. The van der Waals surface area contributed by atoms with Crippen LogP contribution in [0, 0.1) is 5.92 Å². The third kappa shape index (κ3) is 8.89. The highest BCUT2D eigenvalue weighted by Crippen LogP contribution is 2.49. The summed E-state index contributed by atoms with van der Waals surface area (Å²) in [4.78, 5) is 18.0. The van der Waals surface area contributed by atoms with Gasteiger partial charge in [-0.05, 0) is 73.9 Å². The van der Waals surface area contributed by atoms with Crippen LogP contribution in [-0.2, 0) is 0 Å². The number of hydrogen-bond donors (Lipinski definition) is 4. The van der Waals surface area contributed by atoms with Crippen LogP contribution in [0.4, 0.5) is 5.82 Å². The first-order valence-corrected chi connectivity index (χ1v) is 14.4. The van der Waals surface area contributed by atoms with E-state index in [-0.39, 0.29) is 24.6 Å². The van der Waals surface area contributed by atoms with E-state index in [2.05, 4.69) is 36.6 Å². The number of nitrogens with zero attached hydrogens (tertiary/aromatic N) is 3. The third-order valence-corrected chi connectivity index (χ3v) is 7.51. The molecular weight excluding hydrogens is 528 g/mol. The molecule has 230 valence electrons. The van der Waals surface area contributed by atoms with Gasteiger partial charge in [0.05, 0.1) is 0 Å². The van der Waals surface area contributed by atoms with Gasteiger partial charge in [-0.25, -0.2) is 4.98 Å². The molecule has 1 aliphatic heterocycles. The summed E-state index contributed by atoms with van der Waals surface area (Å²) in [6.07, 6.45) is 14.7. The van der Waals surface area contributed by atoms with E-state index in [0.29, 0.717) is 11.8 Å². The Morgan fingerprint density at radius 2 is 1.79 bits per heavy atom. The Kier molecular flexibility index (Phi) is 14.4. The Morgan fingerprint density at radius 3 is 2.26 bits per heavy atom. The van der Waals surface area contributed by atoms with Gasteiger partial charge in [-0.15, -0.1) is 0 Å². The lowest BCUT2D eigenvalue weighted by molar-refractivity contribution is -0.170. The van der Waals surface area contributed by atoms with Crippen molar-refractivity contribution in [2.24, 2.45) is 5.92 Å². The fraction of sp³-hybridized carbons (Fsp3) is 0.412. The highest BCUT2D eigenvalue weighted by Gasteiger charge is 2.58. The van der Waals surface area contributed by atoms with Crippen LogP contribution in [0.2, 0.25) is 0 Å². The fourth-order valence-corrected chi connectivity index (χ4v) is 4.62. The predicted molar refractivity (Wildman–Crippen MR) is 173 cm³/mol. The lowest BCUT2D eigenvalue weighted by Gasteiger charge is -2.47. The van der Waals surface area contributed by atoms with Gasteiger partial charge in [0.2, 0.25) is 5.91 Å². The number of carbonyl (C=O) groups is 1. The van der Waals surface area contributed by atoms with Crippen LogP contribution in [-0.4, -0.2) is 57.2 Å². The molecule has 1 saturated carbocycles. The molecule has 1 saturated heterocycles. The number of anilines is 1. The predicted octanol–water partition coefficient (Wildman–Crippen LogP) is 5.96. The fourth-order valence-electron chi connectivity index (χ4n) is 4.62. The molecule has 1 atom stereocenters. The number of carbonyl (C=O) groups excluding carboxylic acids is 1. The SMILES string of the molecule is C=CC(=C)C(=C\C(=C/C)C(=C)N(C)C=C)/C=C(\C)NC.CC.O=Cc1ccnc(N2C(O)(O)CCC2(O)C2CCC2)c1. The minimum atomic E-state index is -2.14. The number of aliphatic hydroxyl groups is 3. The number of pyridine rings is 1. The van der Waals surface area contributed by atoms with Gasteiger partial charge in [0.1, 0.15) is 17.8 Å². The van der Waals surface area contributed by atoms with Gasteiger partial charge in [0.15, 0.2) is 0 Å². The van der Waals surface area contributed by atoms with Crippen LogP contribution in [0.25, 0.3) is 0 Å². The number of nitrogens with one attached hydrogen (secondary N) is 1. The summed E-state index contributed by atoms with van der Waals surface area (Å²) in [7, 11) is 3.81. The molecule has 2 heterocycles. The number of allylic oxidation sites excluding steroid dienone is 7. The third-order valence-electron chi connectivity index (χ3n) is 7.51. The van der Waals surface area contributed by atoms with Gasteiger partial charge in [-0.3, -0.25) is 9.69 Å². The first kappa shape index (κ1) is 36.3. The van der Waals surface area contributed by atoms with Crippen LogP contribution in [0.5, 0.6) is 0 Å². The van der Waals surface area contributed by atoms with Crippen LogP contribution >= 0.6 is 0 Å². The first-order chi connectivity index (χ1) is 19.9. The summed E-state index contributed by atoms with van der Waals surface area (Å²) in [5.74, 6) is -1.92. The quantitative estimate of drug-likeness (QED) is 0.145. The normalized spacial score (nSPS) is 20.1. The molecular formula is C34H50N4O4. The zero-order chi connectivity index (χ0) is 32.1. The maximum atomic E-state index is 10.9. The molecule has 1 aliphatic carbocycles. The van der Waals surface area contributed by atoms with Crippen molar-refractivity contribution in [3.8, 4) is 0 Å². The van der Waals surface area contributed by atoms with Gasteiger partial charge < -0.3 is 25.5 Å². The van der Waals surface area contributed by atoms with Crippen molar-refractivity contribution >= 4 is 12.1 Å². The van der Waals surface area contributed by atoms with Crippen LogP contribution in [0.15, 0.2) is 103 Å². The topological polar surface area (TPSA) is 109 Å². The summed E-state index contributed by atoms with van der Waals surface area (Å²) in [6, 6.07) is 2.99. The van der Waals surface area contributed by atoms with E-state index in [1.54, 1.807) is 12.3 Å². The summed E-state index contributed by atoms with van der Waals surface area (Å²) in [5, 5.41) is 34.3. The molecule has 0 aromatic carbocycles. The average molecular weight is 579 g/mol. The Balaban J connectivity index is 0.000000397. The molecule has 4 N–H and O–H groups in total. The van der Waals surface area contributed by atoms with Gasteiger partial charge in [-0.1, -0.05) is 58.7 Å². The van der Waals surface area contributed by atoms with Crippen molar-refractivity contribution in [3.63, 3.8) is 0 Å². The van der Waals surface area contributed by atoms with Gasteiger partial charge in [-0.2, -0.15) is 0 Å². The molecule has 1 aromatic heterocycles. The highest BCUT2D eigenvalue weighted by molar-refractivity contribution is 5.76. The number of likely N-dealkylation sites (N-methyl/N-ethyl adjacent to an activating group) is 1. The van der Waals surface area contributed by atoms with Crippen molar-refractivity contribution in [1.29, 1.82) is 0 Å². The molecule has 1 unspecified atom stereocenters. The van der Waals surface area contributed by atoms with Gasteiger partial charge in [0, 0.05) is 56.0 Å². The molecule has 8 heteroatoms. The molecule has 1 aromatic rings. The largest absolute Gasteiger partial charge is 0.392 e. The van der Waals surface area contributed by atoms with Crippen molar-refractivity contribution in [2.75, 3.05) is 19.0 Å². The second-order valence-electron chi connectivity index (χ2n) is 10.1. The molecule has 0 radical (unpaired) electrons. The van der Waals surface area contributed by atoms with E-state index >= 15 is 0 Å². The first-order valence-electron chi connectivity index (χ1n) is 14.4. The number of hydrogen-bond acceptors (Lipinski definition) is 8. The molecule has 2 aliphatic rings. The Morgan fingerprint density at radius 1 is 1.14 bits per heavy atom. The molecule has 0 spiro atoms. The standard InChI is InChI=1S/C18H26N2.C14H18N2O4.C2H6/c1-9-14(4)18(12-15(5)19-7)13-17(10-2)16(6)20(8)11-3;17-9-10-4-7-15-12(8-10)16-13(18,11-2-1-3-11)5-6-14(16,19)20;1-2/h9-13,19H,1,3-4,6H2,2,5,7-8H3;4,7-9,11,18-20H,1-3,5-6H2;1-2H3/b15-12+,17-10+,18-13-;;. The van der Waals surface area contributed by atoms with Gasteiger partial charge in [0.25, 0.3) is 0 Å². The summed E-state index contributed by atoms with van der Waals surface area (Å²) >= 11 is 0. The second kappa shape index (κ2) is 16.7. The maximum absolute atomic E-state index is 10.9. The van der Waals surface area contributed by atoms with Gasteiger partial charge >= 0.3 is 0 Å². The number of rotatable bonds is 11. The lowest BCUT2D eigenvalue weighted by atomic mass is 9.76. The second-order valence-corrected chi connectivity index (χ2v) is 10.1. The summed E-state index contributed by atoms with van der Waals surface area (Å²) < 4.78 is 0. The van der Waals surface area contributed by atoms with E-state index in [4.69, 9.17) is 0 Å². The molecule has 42 heavy (non-hydrogen) atoms. The van der Waals surface area contributed by atoms with Crippen LogP contribution in [0.1, 0.15) is 70.2 Å². The molecule has 0 bridgehead atoms. The molecule has 8 nitrogen and oxygen atoms in total. The Hall–Kier alpha value is -3.72. The molecule has 3 rings (SSSR count). The van der Waals surface area contributed by atoms with Crippen molar-refractivity contribution in [2.45, 2.75) is 71.4 Å². The Labute approximate surface area is 252 Å². The minimum Gasteiger partial charge on any atom is -0.392 e. The van der Waals surface area contributed by atoms with Crippen LogP contribution in [0.3, 0.4) is 0 Å². The van der Waals surface area contributed by atoms with E-state index in [9.17, 15) is 20.1 Å². The van der Waals surface area contributed by atoms with Crippen molar-refractivity contribution in [1.82, 2.24) is 15.2 Å². The summed E-state index contributed by atoms with van der Waals surface area (Å²) in [5.41, 5.74) is 3.89. The minimum absolute atomic E-state index is 0.00497. The van der Waals surface area contributed by atoms with E-state index in [1.165, 1.54) is 18.3 Å². The monoisotopic (exact) mass is 578 g/mol. The smallest absolute Gasteiger partial charge is 0.250 e. The zero-order valence-corrected chi connectivity index (χ0v) is 26.2. The lowest BCUT2D eigenvalue weighted by Crippen LogP contribution is -2.59. The molecule has 2 fully saturated rings. The zero-order valence-electron chi connectivity index (χ0n) is 26.2. The van der Waals surface area contributed by atoms with Crippen molar-refractivity contribution in [3.05, 3.63) is 109 Å². The Bertz CT molecular complexity index is 1210. The number of aromatic nitrogens is 1. The maximum Gasteiger partial charge on any atom is 0.250 e. The molecule has 0 amide bonds. The number of aldehydes is 1. The average Bonchev–Trinajstić information content (AvgIpc) is 3.22. The highest BCUT2D eigenvalue weighted by atomic mass is 16.5. The van der Waals surface area contributed by atoms with Crippen molar-refractivity contribution < 1.29 is 20.1 Å². The van der Waals surface area contributed by atoms with E-state index < -0.39 is 11.6 Å². The van der Waals surface area contributed by atoms with E-state index in [0.717, 1.165) is 52.3 Å². The van der Waals surface area contributed by atoms with Crippen LogP contribution < -0.4 is 10.2 Å².